The van der Waals surface area contributed by atoms with Crippen molar-refractivity contribution in [1.29, 1.82) is 0 Å². The molecule has 0 radical (unpaired) electrons. The lowest BCUT2D eigenvalue weighted by Gasteiger charge is -2.32. The van der Waals surface area contributed by atoms with Crippen molar-refractivity contribution in [3.63, 3.8) is 0 Å². The standard InChI is InChI=1S/C38H36N8O10/c1-44-31(47)13-10-29(37(44)51)46-36(50)24-4-3-5-25(33(24)38(46)52)39-14-15-53-16-17-54-18-19-55-23-7-8-26(40-21-23)34(49)41-22-6-11-30-28(20-22)42-35(56-30)27-9-12-32(48)45(2)43-27/h3-9,11-12,20-21,29,39H,10,13-19H2,1-2H3,(H,41,49). The Morgan fingerprint density at radius 1 is 0.911 bits per heavy atom. The summed E-state index contributed by atoms with van der Waals surface area (Å²) in [4.78, 5) is 86.1. The molecule has 0 aliphatic carbocycles. The molecule has 5 heterocycles. The fourth-order valence-electron chi connectivity index (χ4n) is 6.20. The molecule has 288 valence electrons. The number of nitrogens with zero attached hydrogens (tertiary/aromatic N) is 6. The third kappa shape index (κ3) is 7.87. The number of nitrogens with one attached hydrogen (secondary N) is 2. The van der Waals surface area contributed by atoms with Crippen LogP contribution in [-0.4, -0.2) is 112 Å². The largest absolute Gasteiger partial charge is 0.490 e. The first-order valence-electron chi connectivity index (χ1n) is 17.6. The Morgan fingerprint density at radius 2 is 1.71 bits per heavy atom. The molecule has 5 amide bonds. The number of hydrogen-bond acceptors (Lipinski definition) is 14. The number of benzene rings is 2. The van der Waals surface area contributed by atoms with Gasteiger partial charge in [-0.15, -0.1) is 0 Å². The second kappa shape index (κ2) is 16.3. The lowest BCUT2D eigenvalue weighted by atomic mass is 10.0. The molecular formula is C38H36N8O10. The number of fused-ring (bicyclic) bond motifs is 2. The smallest absolute Gasteiger partial charge is 0.274 e. The van der Waals surface area contributed by atoms with Crippen molar-refractivity contribution in [3.8, 4) is 17.3 Å². The van der Waals surface area contributed by atoms with E-state index in [9.17, 15) is 28.8 Å². The summed E-state index contributed by atoms with van der Waals surface area (Å²) >= 11 is 0. The first kappa shape index (κ1) is 37.5. The molecule has 1 saturated heterocycles. The zero-order valence-corrected chi connectivity index (χ0v) is 30.4. The van der Waals surface area contributed by atoms with Crippen LogP contribution in [0.5, 0.6) is 5.75 Å². The summed E-state index contributed by atoms with van der Waals surface area (Å²) in [6.45, 7) is 1.77. The first-order chi connectivity index (χ1) is 27.1. The number of likely N-dealkylation sites (tertiary alicyclic amines) is 1. The minimum absolute atomic E-state index is 0.0722. The summed E-state index contributed by atoms with van der Waals surface area (Å²) in [6.07, 6.45) is 1.61. The van der Waals surface area contributed by atoms with Gasteiger partial charge in [-0.25, -0.2) is 14.6 Å². The number of anilines is 2. The van der Waals surface area contributed by atoms with Crippen molar-refractivity contribution < 1.29 is 42.6 Å². The van der Waals surface area contributed by atoms with Crippen LogP contribution in [0, 0.1) is 0 Å². The predicted octanol–water partition coefficient (Wildman–Crippen LogP) is 2.50. The molecule has 0 saturated carbocycles. The molecule has 1 atom stereocenters. The highest BCUT2D eigenvalue weighted by atomic mass is 16.5. The van der Waals surface area contributed by atoms with Crippen molar-refractivity contribution in [3.05, 3.63) is 94.0 Å². The van der Waals surface area contributed by atoms with Gasteiger partial charge in [0.15, 0.2) is 5.58 Å². The van der Waals surface area contributed by atoms with E-state index < -0.39 is 29.7 Å². The Kier molecular flexibility index (Phi) is 10.9. The number of aromatic nitrogens is 4. The quantitative estimate of drug-likeness (QED) is 0.116. The summed E-state index contributed by atoms with van der Waals surface area (Å²) in [7, 11) is 2.88. The molecule has 18 nitrogen and oxygen atoms in total. The van der Waals surface area contributed by atoms with Crippen LogP contribution in [0.4, 0.5) is 11.4 Å². The van der Waals surface area contributed by atoms with Gasteiger partial charge in [-0.2, -0.15) is 5.10 Å². The van der Waals surface area contributed by atoms with Crippen molar-refractivity contribution in [2.45, 2.75) is 18.9 Å². The molecule has 1 unspecified atom stereocenters. The van der Waals surface area contributed by atoms with Crippen molar-refractivity contribution in [2.75, 3.05) is 57.3 Å². The molecule has 5 aromatic rings. The SMILES string of the molecule is CN1C(=O)CCC(N2C(=O)c3cccc(NCCOCCOCCOc4ccc(C(=O)Nc5ccc6oc(-c7ccc(=O)n(C)n7)nc6c5)nc4)c3C2=O)C1=O. The number of piperidine rings is 1. The first-order valence-corrected chi connectivity index (χ1v) is 17.6. The number of ether oxygens (including phenoxy) is 3. The van der Waals surface area contributed by atoms with Gasteiger partial charge in [-0.3, -0.25) is 38.6 Å². The molecule has 2 aliphatic rings. The second-order valence-corrected chi connectivity index (χ2v) is 12.8. The monoisotopic (exact) mass is 764 g/mol. The van der Waals surface area contributed by atoms with E-state index in [1.807, 2.05) is 0 Å². The molecule has 56 heavy (non-hydrogen) atoms. The lowest BCUT2D eigenvalue weighted by molar-refractivity contribution is -0.149. The highest BCUT2D eigenvalue weighted by molar-refractivity contribution is 6.25. The highest BCUT2D eigenvalue weighted by Crippen LogP contribution is 2.33. The van der Waals surface area contributed by atoms with Crippen molar-refractivity contribution in [2.24, 2.45) is 7.05 Å². The summed E-state index contributed by atoms with van der Waals surface area (Å²) < 4.78 is 23.8. The number of amides is 5. The zero-order valence-electron chi connectivity index (χ0n) is 30.4. The summed E-state index contributed by atoms with van der Waals surface area (Å²) in [6, 6.07) is 14.9. The Balaban J connectivity index is 0.790. The molecule has 0 bridgehead atoms. The average molecular weight is 765 g/mol. The highest BCUT2D eigenvalue weighted by Gasteiger charge is 2.47. The second-order valence-electron chi connectivity index (χ2n) is 12.8. The number of pyridine rings is 1. The summed E-state index contributed by atoms with van der Waals surface area (Å²) in [5.41, 5.74) is 2.64. The van der Waals surface area contributed by atoms with Gasteiger partial charge in [0.2, 0.25) is 11.8 Å². The van der Waals surface area contributed by atoms with Crippen LogP contribution in [0.15, 0.2) is 76.1 Å². The van der Waals surface area contributed by atoms with Crippen molar-refractivity contribution in [1.82, 2.24) is 29.5 Å². The van der Waals surface area contributed by atoms with Gasteiger partial charge in [0.25, 0.3) is 29.2 Å². The fraction of sp³-hybridized carbons (Fsp3) is 0.289. The maximum atomic E-state index is 13.3. The number of carbonyl (C=O) groups excluding carboxylic acids is 5. The molecular weight excluding hydrogens is 728 g/mol. The molecule has 3 aromatic heterocycles. The molecule has 18 heteroatoms. The minimum atomic E-state index is -1.02. The van der Waals surface area contributed by atoms with E-state index in [0.717, 1.165) is 9.80 Å². The zero-order chi connectivity index (χ0) is 39.3. The number of aryl methyl sites for hydroxylation is 1. The number of oxazole rings is 1. The van der Waals surface area contributed by atoms with Crippen LogP contribution < -0.4 is 20.9 Å². The minimum Gasteiger partial charge on any atom is -0.490 e. The predicted molar refractivity (Wildman–Crippen MR) is 198 cm³/mol. The maximum Gasteiger partial charge on any atom is 0.274 e. The van der Waals surface area contributed by atoms with Gasteiger partial charge in [0, 0.05) is 44.5 Å². The van der Waals surface area contributed by atoms with Gasteiger partial charge in [0.1, 0.15) is 35.3 Å². The fourth-order valence-corrected chi connectivity index (χ4v) is 6.20. The third-order valence-corrected chi connectivity index (χ3v) is 9.10. The Bertz CT molecular complexity index is 2390. The number of carbonyl (C=O) groups is 5. The van der Waals surface area contributed by atoms with Crippen LogP contribution in [0.3, 0.4) is 0 Å². The third-order valence-electron chi connectivity index (χ3n) is 9.10. The van der Waals surface area contributed by atoms with E-state index in [-0.39, 0.29) is 60.2 Å². The van der Waals surface area contributed by atoms with E-state index in [0.29, 0.717) is 60.3 Å². The van der Waals surface area contributed by atoms with E-state index in [1.165, 1.54) is 37.1 Å². The van der Waals surface area contributed by atoms with E-state index in [4.69, 9.17) is 18.6 Å². The molecule has 7 rings (SSSR count). The number of hydrogen-bond donors (Lipinski definition) is 2. The van der Waals surface area contributed by atoms with Gasteiger partial charge < -0.3 is 29.3 Å². The molecule has 2 aliphatic heterocycles. The number of imide groups is 2. The van der Waals surface area contributed by atoms with Crippen LogP contribution >= 0.6 is 0 Å². The van der Waals surface area contributed by atoms with E-state index in [2.05, 4.69) is 25.7 Å². The van der Waals surface area contributed by atoms with Gasteiger partial charge in [-0.1, -0.05) is 6.07 Å². The van der Waals surface area contributed by atoms with E-state index in [1.54, 1.807) is 48.5 Å². The molecule has 1 fully saturated rings. The Labute approximate surface area is 318 Å². The molecule has 2 aromatic carbocycles. The van der Waals surface area contributed by atoms with Crippen LogP contribution in [0.25, 0.3) is 22.7 Å². The number of likely N-dealkylation sites (N-methyl/N-ethyl adjacent to an activating group) is 1. The van der Waals surface area contributed by atoms with Gasteiger partial charge in [0.05, 0.1) is 43.8 Å². The van der Waals surface area contributed by atoms with Crippen LogP contribution in [0.2, 0.25) is 0 Å². The van der Waals surface area contributed by atoms with Gasteiger partial charge >= 0.3 is 0 Å². The van der Waals surface area contributed by atoms with Crippen LogP contribution in [0.1, 0.15) is 44.0 Å². The van der Waals surface area contributed by atoms with Crippen LogP contribution in [-0.2, 0) is 26.1 Å². The summed E-state index contributed by atoms with van der Waals surface area (Å²) in [5.74, 6) is -1.78. The maximum absolute atomic E-state index is 13.3. The molecule has 0 spiro atoms. The topological polar surface area (TPSA) is 217 Å². The average Bonchev–Trinajstić information content (AvgIpc) is 3.74. The number of rotatable bonds is 15. The Morgan fingerprint density at radius 3 is 2.50 bits per heavy atom. The van der Waals surface area contributed by atoms with E-state index >= 15 is 0 Å². The molecule has 2 N–H and O–H groups in total. The summed E-state index contributed by atoms with van der Waals surface area (Å²) in [5, 5.41) is 10.1. The Hall–Kier alpha value is -6.79. The lowest BCUT2D eigenvalue weighted by Crippen LogP contribution is -2.54. The van der Waals surface area contributed by atoms with Gasteiger partial charge in [-0.05, 0) is 55.0 Å². The normalized spacial score (nSPS) is 15.4. The van der Waals surface area contributed by atoms with Crippen molar-refractivity contribution >= 4 is 52.0 Å².